The van der Waals surface area contributed by atoms with E-state index < -0.39 is 0 Å². The van der Waals surface area contributed by atoms with Crippen molar-refractivity contribution in [3.05, 3.63) is 21.3 Å². The highest BCUT2D eigenvalue weighted by atomic mass is 35.5. The van der Waals surface area contributed by atoms with Gasteiger partial charge >= 0.3 is 0 Å². The molecule has 2 rings (SSSR count). The van der Waals surface area contributed by atoms with Crippen LogP contribution < -0.4 is 11.3 Å². The highest BCUT2D eigenvalue weighted by Crippen LogP contribution is 2.38. The SMILES string of the molecule is CC1SCC(C(Cc2ccc(Cl)s2)NN)SC1C. The van der Waals surface area contributed by atoms with Crippen LogP contribution in [-0.2, 0) is 6.42 Å². The Morgan fingerprint density at radius 1 is 1.44 bits per heavy atom. The highest BCUT2D eigenvalue weighted by molar-refractivity contribution is 8.07. The van der Waals surface area contributed by atoms with E-state index in [2.05, 4.69) is 48.9 Å². The fourth-order valence-electron chi connectivity index (χ4n) is 1.99. The van der Waals surface area contributed by atoms with Gasteiger partial charge in [0.05, 0.1) is 4.34 Å². The first-order valence-electron chi connectivity index (χ1n) is 6.07. The molecule has 0 radical (unpaired) electrons. The van der Waals surface area contributed by atoms with Gasteiger partial charge in [0.1, 0.15) is 0 Å². The Hall–Kier alpha value is 0.610. The van der Waals surface area contributed by atoms with E-state index in [1.807, 2.05) is 6.07 Å². The Morgan fingerprint density at radius 3 is 2.78 bits per heavy atom. The Labute approximate surface area is 126 Å². The van der Waals surface area contributed by atoms with Crippen molar-refractivity contribution in [2.24, 2.45) is 5.84 Å². The number of hydrogen-bond donors (Lipinski definition) is 2. The summed E-state index contributed by atoms with van der Waals surface area (Å²) in [4.78, 5) is 1.31. The van der Waals surface area contributed by atoms with Gasteiger partial charge in [-0.1, -0.05) is 25.4 Å². The largest absolute Gasteiger partial charge is 0.271 e. The topological polar surface area (TPSA) is 38.0 Å². The summed E-state index contributed by atoms with van der Waals surface area (Å²) in [6, 6.07) is 4.39. The average Bonchev–Trinajstić information content (AvgIpc) is 2.75. The Morgan fingerprint density at radius 2 is 2.22 bits per heavy atom. The molecule has 0 aromatic carbocycles. The number of rotatable bonds is 4. The summed E-state index contributed by atoms with van der Waals surface area (Å²) in [6.45, 7) is 4.62. The number of nitrogens with two attached hydrogens (primary N) is 1. The fourth-order valence-corrected chi connectivity index (χ4v) is 6.25. The molecule has 6 heteroatoms. The van der Waals surface area contributed by atoms with Crippen LogP contribution in [0.25, 0.3) is 0 Å². The molecule has 0 amide bonds. The first-order valence-corrected chi connectivity index (χ1v) is 9.26. The van der Waals surface area contributed by atoms with Gasteiger partial charge in [-0.05, 0) is 18.6 Å². The molecule has 1 aliphatic rings. The predicted octanol–water partition coefficient (Wildman–Crippen LogP) is 3.40. The Bertz CT molecular complexity index is 385. The summed E-state index contributed by atoms with van der Waals surface area (Å²) in [7, 11) is 0. The van der Waals surface area contributed by atoms with Crippen molar-refractivity contribution < 1.29 is 0 Å². The molecule has 2 nitrogen and oxygen atoms in total. The van der Waals surface area contributed by atoms with Crippen molar-refractivity contribution in [1.82, 2.24) is 5.43 Å². The van der Waals surface area contributed by atoms with Crippen LogP contribution in [0, 0.1) is 0 Å². The van der Waals surface area contributed by atoms with Crippen LogP contribution in [0.5, 0.6) is 0 Å². The van der Waals surface area contributed by atoms with Gasteiger partial charge < -0.3 is 0 Å². The summed E-state index contributed by atoms with van der Waals surface area (Å²) in [5.41, 5.74) is 2.99. The lowest BCUT2D eigenvalue weighted by molar-refractivity contribution is 0.524. The number of hydrazine groups is 1. The molecule has 1 aromatic heterocycles. The van der Waals surface area contributed by atoms with Crippen molar-refractivity contribution in [1.29, 1.82) is 0 Å². The maximum Gasteiger partial charge on any atom is 0.0931 e. The summed E-state index contributed by atoms with van der Waals surface area (Å²) in [5.74, 6) is 6.91. The Kier molecular flexibility index (Phi) is 5.72. The number of nitrogens with one attached hydrogen (secondary N) is 1. The molecular weight excluding hydrogens is 304 g/mol. The molecule has 0 aliphatic carbocycles. The van der Waals surface area contributed by atoms with Crippen LogP contribution in [0.4, 0.5) is 0 Å². The smallest absolute Gasteiger partial charge is 0.0931 e. The van der Waals surface area contributed by atoms with E-state index in [0.29, 0.717) is 16.5 Å². The van der Waals surface area contributed by atoms with Crippen LogP contribution in [0.15, 0.2) is 12.1 Å². The van der Waals surface area contributed by atoms with E-state index in [1.165, 1.54) is 10.6 Å². The van der Waals surface area contributed by atoms with Gasteiger partial charge in [0.15, 0.2) is 0 Å². The van der Waals surface area contributed by atoms with Gasteiger partial charge in [0, 0.05) is 32.4 Å². The third-order valence-electron chi connectivity index (χ3n) is 3.29. The van der Waals surface area contributed by atoms with Gasteiger partial charge in [-0.15, -0.1) is 11.3 Å². The predicted molar refractivity (Wildman–Crippen MR) is 86.9 cm³/mol. The second-order valence-corrected chi connectivity index (χ2v) is 9.43. The maximum atomic E-state index is 5.97. The number of hydrogen-bond acceptors (Lipinski definition) is 5. The standard InChI is InChI=1S/C12H19ClN2S3/c1-7-8(2)17-11(6-16-7)10(15-14)5-9-3-4-12(13)18-9/h3-4,7-8,10-11,15H,5-6,14H2,1-2H3. The van der Waals surface area contributed by atoms with Crippen LogP contribution in [-0.4, -0.2) is 27.5 Å². The van der Waals surface area contributed by atoms with Crippen LogP contribution in [0.2, 0.25) is 4.34 Å². The fraction of sp³-hybridized carbons (Fsp3) is 0.667. The van der Waals surface area contributed by atoms with Crippen LogP contribution >= 0.6 is 46.5 Å². The van der Waals surface area contributed by atoms with Gasteiger partial charge in [-0.25, -0.2) is 0 Å². The lowest BCUT2D eigenvalue weighted by Crippen LogP contribution is -2.47. The molecule has 18 heavy (non-hydrogen) atoms. The van der Waals surface area contributed by atoms with Gasteiger partial charge in [-0.2, -0.15) is 23.5 Å². The quantitative estimate of drug-likeness (QED) is 0.658. The van der Waals surface area contributed by atoms with E-state index in [4.69, 9.17) is 17.4 Å². The van der Waals surface area contributed by atoms with E-state index in [9.17, 15) is 0 Å². The minimum absolute atomic E-state index is 0.326. The van der Waals surface area contributed by atoms with Crippen LogP contribution in [0.3, 0.4) is 0 Å². The molecule has 1 fully saturated rings. The molecule has 0 bridgehead atoms. The highest BCUT2D eigenvalue weighted by Gasteiger charge is 2.31. The summed E-state index contributed by atoms with van der Waals surface area (Å²) in [5, 5.41) is 2.00. The maximum absolute atomic E-state index is 5.97. The van der Waals surface area contributed by atoms with Gasteiger partial charge in [0.25, 0.3) is 0 Å². The molecule has 2 heterocycles. The molecule has 1 aromatic rings. The molecule has 1 aliphatic heterocycles. The van der Waals surface area contributed by atoms with Crippen molar-refractivity contribution in [3.63, 3.8) is 0 Å². The lowest BCUT2D eigenvalue weighted by Gasteiger charge is -2.35. The monoisotopic (exact) mass is 322 g/mol. The van der Waals surface area contributed by atoms with Gasteiger partial charge in [-0.3, -0.25) is 11.3 Å². The van der Waals surface area contributed by atoms with Crippen LogP contribution in [0.1, 0.15) is 18.7 Å². The molecule has 0 saturated carbocycles. The molecule has 1 saturated heterocycles. The number of thioether (sulfide) groups is 2. The molecular formula is C12H19ClN2S3. The van der Waals surface area contributed by atoms with Crippen molar-refractivity contribution in [2.75, 3.05) is 5.75 Å². The third kappa shape index (κ3) is 3.81. The molecule has 4 atom stereocenters. The second kappa shape index (κ2) is 6.86. The first-order chi connectivity index (χ1) is 8.60. The van der Waals surface area contributed by atoms with E-state index in [1.54, 1.807) is 11.3 Å². The molecule has 0 spiro atoms. The summed E-state index contributed by atoms with van der Waals surface area (Å²) >= 11 is 11.7. The normalized spacial score (nSPS) is 30.3. The molecule has 102 valence electrons. The molecule has 3 N–H and O–H groups in total. The van der Waals surface area contributed by atoms with Gasteiger partial charge in [0.2, 0.25) is 0 Å². The second-order valence-electron chi connectivity index (χ2n) is 4.60. The minimum atomic E-state index is 0.326. The van der Waals surface area contributed by atoms with Crippen molar-refractivity contribution >= 4 is 46.5 Å². The van der Waals surface area contributed by atoms with E-state index >= 15 is 0 Å². The zero-order valence-electron chi connectivity index (χ0n) is 10.6. The minimum Gasteiger partial charge on any atom is -0.271 e. The van der Waals surface area contributed by atoms with E-state index in [0.717, 1.165) is 16.0 Å². The lowest BCUT2D eigenvalue weighted by atomic mass is 10.1. The summed E-state index contributed by atoms with van der Waals surface area (Å²) in [6.07, 6.45) is 0.965. The Balaban J connectivity index is 1.96. The number of thiophene rings is 1. The summed E-state index contributed by atoms with van der Waals surface area (Å²) < 4.78 is 0.855. The molecule has 4 unspecified atom stereocenters. The number of halogens is 1. The third-order valence-corrected chi connectivity index (χ3v) is 8.09. The van der Waals surface area contributed by atoms with Crippen molar-refractivity contribution in [2.45, 2.75) is 42.1 Å². The zero-order chi connectivity index (χ0) is 13.1. The van der Waals surface area contributed by atoms with E-state index in [-0.39, 0.29) is 0 Å². The zero-order valence-corrected chi connectivity index (χ0v) is 13.8. The van der Waals surface area contributed by atoms with Crippen molar-refractivity contribution in [3.8, 4) is 0 Å². The average molecular weight is 323 g/mol. The first kappa shape index (κ1) is 15.0.